The molecule has 0 radical (unpaired) electrons. The number of rotatable bonds is 5. The lowest BCUT2D eigenvalue weighted by atomic mass is 9.93. The molecule has 2 aliphatic heterocycles. The van der Waals surface area contributed by atoms with Crippen LogP contribution in [-0.2, 0) is 9.59 Å². The summed E-state index contributed by atoms with van der Waals surface area (Å²) >= 11 is 0. The predicted octanol–water partition coefficient (Wildman–Crippen LogP) is 4.51. The Kier molecular flexibility index (Phi) is 9.02. The van der Waals surface area contributed by atoms with E-state index in [2.05, 4.69) is 16.8 Å². The highest BCUT2D eigenvalue weighted by Crippen LogP contribution is 2.34. The van der Waals surface area contributed by atoms with Crippen LogP contribution in [0, 0.1) is 0 Å². The van der Waals surface area contributed by atoms with E-state index in [1.165, 1.54) is 68.1 Å². The van der Waals surface area contributed by atoms with Crippen LogP contribution in [0.4, 0.5) is 4.39 Å². The minimum atomic E-state index is -1.34. The Balaban J connectivity index is 1.77. The number of nitrogens with zero attached hydrogens (tertiary/aromatic N) is 3. The summed E-state index contributed by atoms with van der Waals surface area (Å²) in [6.07, 6.45) is 16.0. The van der Waals surface area contributed by atoms with Gasteiger partial charge in [-0.3, -0.25) is 14.7 Å². The number of aliphatic imine (C=N–C) groups is 1. The molecule has 1 aliphatic carbocycles. The van der Waals surface area contributed by atoms with Crippen LogP contribution in [-0.4, -0.2) is 69.8 Å². The highest BCUT2D eigenvalue weighted by Gasteiger charge is 2.38. The van der Waals surface area contributed by atoms with Crippen molar-refractivity contribution in [3.05, 3.63) is 24.1 Å². The Hall–Kier alpha value is -2.02. The Bertz CT molecular complexity index is 756. The number of aliphatic carboxylic acids is 1. The van der Waals surface area contributed by atoms with Gasteiger partial charge in [0.05, 0.1) is 6.54 Å². The maximum atomic E-state index is 14.1. The van der Waals surface area contributed by atoms with Crippen molar-refractivity contribution in [3.63, 3.8) is 0 Å². The molecule has 178 valence electrons. The highest BCUT2D eigenvalue weighted by atomic mass is 19.1. The molecule has 1 amide bonds. The lowest BCUT2D eigenvalue weighted by Gasteiger charge is -2.40. The quantitative estimate of drug-likeness (QED) is 0.673. The fourth-order valence-electron chi connectivity index (χ4n) is 5.63. The fraction of sp³-hybridized carbons (Fsp3) is 0.720. The molecule has 0 spiro atoms. The van der Waals surface area contributed by atoms with Gasteiger partial charge in [0.15, 0.2) is 0 Å². The number of likely N-dealkylation sites (tertiary alicyclic amines) is 1. The van der Waals surface area contributed by atoms with Crippen LogP contribution in [0.25, 0.3) is 0 Å². The zero-order chi connectivity index (χ0) is 23.1. The van der Waals surface area contributed by atoms with Crippen molar-refractivity contribution >= 4 is 17.6 Å². The Labute approximate surface area is 191 Å². The molecule has 3 rings (SSSR count). The molecule has 2 fully saturated rings. The summed E-state index contributed by atoms with van der Waals surface area (Å²) in [6, 6.07) is 1.24. The molecule has 32 heavy (non-hydrogen) atoms. The van der Waals surface area contributed by atoms with Gasteiger partial charge in [0.25, 0.3) is 5.91 Å². The van der Waals surface area contributed by atoms with Gasteiger partial charge in [-0.2, -0.15) is 0 Å². The lowest BCUT2D eigenvalue weighted by Crippen LogP contribution is -2.49. The van der Waals surface area contributed by atoms with Crippen molar-refractivity contribution in [1.29, 1.82) is 0 Å². The van der Waals surface area contributed by atoms with E-state index in [9.17, 15) is 19.1 Å². The summed E-state index contributed by atoms with van der Waals surface area (Å²) in [5, 5.41) is 9.52. The van der Waals surface area contributed by atoms with Gasteiger partial charge in [-0.05, 0) is 58.1 Å². The number of hydrogen-bond acceptors (Lipinski definition) is 4. The molecule has 7 heteroatoms. The van der Waals surface area contributed by atoms with E-state index >= 15 is 0 Å². The predicted molar refractivity (Wildman–Crippen MR) is 124 cm³/mol. The number of carboxylic acid groups (broad SMARTS) is 1. The van der Waals surface area contributed by atoms with E-state index in [0.717, 1.165) is 19.3 Å². The number of carboxylic acids is 1. The summed E-state index contributed by atoms with van der Waals surface area (Å²) in [5.74, 6) is -2.40. The third-order valence-electron chi connectivity index (χ3n) is 7.27. The van der Waals surface area contributed by atoms with E-state index in [1.54, 1.807) is 0 Å². The van der Waals surface area contributed by atoms with E-state index < -0.39 is 23.4 Å². The molecular weight excluding hydrogens is 409 g/mol. The average molecular weight is 448 g/mol. The first-order valence-electron chi connectivity index (χ1n) is 12.3. The lowest BCUT2D eigenvalue weighted by molar-refractivity contribution is -0.132. The fourth-order valence-corrected chi connectivity index (χ4v) is 5.63. The molecule has 0 bridgehead atoms. The van der Waals surface area contributed by atoms with E-state index in [4.69, 9.17) is 0 Å². The second-order valence-corrected chi connectivity index (χ2v) is 9.55. The normalized spacial score (nSPS) is 32.2. The summed E-state index contributed by atoms with van der Waals surface area (Å²) in [5.41, 5.74) is -0.478. The minimum absolute atomic E-state index is 0.0353. The number of halogens is 1. The number of carbonyl (C=O) groups excluding carboxylic acids is 1. The average Bonchev–Trinajstić information content (AvgIpc) is 3.07. The number of allylic oxidation sites excluding steroid dienone is 2. The smallest absolute Gasteiger partial charge is 0.359 e. The molecule has 1 N–H and O–H groups in total. The Morgan fingerprint density at radius 3 is 2.56 bits per heavy atom. The van der Waals surface area contributed by atoms with Gasteiger partial charge in [-0.15, -0.1) is 0 Å². The standard InChI is InChI=1S/C25H38FN3O3/c1-18-12-13-22(29(18)21-10-6-4-3-5-7-11-21)17-19(2)28-16-14-20(26)9-8-15-27-23(24(28)30)25(31)32/h8-9,14,18-19,21-22H,3-7,10-13,15-17H2,1-2H3,(H,31,32)/b9-8-,20-14+,27-23+. The molecule has 2 heterocycles. The number of amides is 1. The molecule has 3 atom stereocenters. The monoisotopic (exact) mass is 447 g/mol. The van der Waals surface area contributed by atoms with Crippen LogP contribution < -0.4 is 0 Å². The van der Waals surface area contributed by atoms with Gasteiger partial charge in [0.1, 0.15) is 5.83 Å². The second-order valence-electron chi connectivity index (χ2n) is 9.55. The summed E-state index contributed by atoms with van der Waals surface area (Å²) in [6.45, 7) is 4.25. The van der Waals surface area contributed by atoms with Crippen LogP contribution in [0.15, 0.2) is 29.0 Å². The van der Waals surface area contributed by atoms with E-state index in [-0.39, 0.29) is 19.1 Å². The van der Waals surface area contributed by atoms with Gasteiger partial charge in [0, 0.05) is 30.7 Å². The zero-order valence-electron chi connectivity index (χ0n) is 19.5. The topological polar surface area (TPSA) is 73.2 Å². The van der Waals surface area contributed by atoms with Crippen LogP contribution in [0.3, 0.4) is 0 Å². The third-order valence-corrected chi connectivity index (χ3v) is 7.27. The van der Waals surface area contributed by atoms with Crippen molar-refractivity contribution in [2.75, 3.05) is 13.1 Å². The molecule has 3 unspecified atom stereocenters. The SMILES string of the molecule is CC(CC1CCC(C)N1C1CCCCCCC1)N1C/C=C(F)\C=C/C/N=C(/C(=O)O)C1=O. The first kappa shape index (κ1) is 24.6. The first-order valence-corrected chi connectivity index (χ1v) is 12.3. The Morgan fingerprint density at radius 2 is 1.88 bits per heavy atom. The van der Waals surface area contributed by atoms with Crippen LogP contribution >= 0.6 is 0 Å². The van der Waals surface area contributed by atoms with Crippen LogP contribution in [0.1, 0.15) is 78.1 Å². The van der Waals surface area contributed by atoms with Crippen LogP contribution in [0.5, 0.6) is 0 Å². The van der Waals surface area contributed by atoms with Gasteiger partial charge >= 0.3 is 5.97 Å². The highest BCUT2D eigenvalue weighted by molar-refractivity contribution is 6.63. The number of carbonyl (C=O) groups is 2. The summed E-state index contributed by atoms with van der Waals surface area (Å²) in [4.78, 5) is 32.8. The van der Waals surface area contributed by atoms with Crippen molar-refractivity contribution in [2.24, 2.45) is 4.99 Å². The first-order chi connectivity index (χ1) is 15.4. The third kappa shape index (κ3) is 6.27. The van der Waals surface area contributed by atoms with E-state index in [1.807, 2.05) is 6.92 Å². The van der Waals surface area contributed by atoms with Crippen molar-refractivity contribution in [3.8, 4) is 0 Å². The maximum absolute atomic E-state index is 14.1. The molecule has 6 nitrogen and oxygen atoms in total. The van der Waals surface area contributed by atoms with E-state index in [0.29, 0.717) is 18.1 Å². The van der Waals surface area contributed by atoms with Gasteiger partial charge in [-0.1, -0.05) is 38.2 Å². The molecule has 0 aromatic rings. The minimum Gasteiger partial charge on any atom is -0.476 e. The largest absolute Gasteiger partial charge is 0.476 e. The van der Waals surface area contributed by atoms with Gasteiger partial charge in [0.2, 0.25) is 5.71 Å². The number of hydrogen-bond donors (Lipinski definition) is 1. The van der Waals surface area contributed by atoms with Gasteiger partial charge < -0.3 is 10.0 Å². The molecular formula is C25H38FN3O3. The van der Waals surface area contributed by atoms with Crippen molar-refractivity contribution in [2.45, 2.75) is 102 Å². The maximum Gasteiger partial charge on any atom is 0.359 e. The van der Waals surface area contributed by atoms with Gasteiger partial charge in [-0.25, -0.2) is 9.18 Å². The zero-order valence-corrected chi connectivity index (χ0v) is 19.5. The summed E-state index contributed by atoms with van der Waals surface area (Å²) < 4.78 is 14.1. The van der Waals surface area contributed by atoms with Crippen molar-refractivity contribution in [1.82, 2.24) is 9.80 Å². The Morgan fingerprint density at radius 1 is 1.19 bits per heavy atom. The summed E-state index contributed by atoms with van der Waals surface area (Å²) in [7, 11) is 0. The molecule has 1 saturated heterocycles. The molecule has 0 aromatic heterocycles. The van der Waals surface area contributed by atoms with Crippen LogP contribution in [0.2, 0.25) is 0 Å². The second kappa shape index (κ2) is 11.7. The molecule has 0 aromatic carbocycles. The molecule has 1 saturated carbocycles. The molecule has 3 aliphatic rings. The van der Waals surface area contributed by atoms with Crippen molar-refractivity contribution < 1.29 is 19.1 Å².